The lowest BCUT2D eigenvalue weighted by atomic mass is 10.1. The van der Waals surface area contributed by atoms with E-state index in [4.69, 9.17) is 23.2 Å². The van der Waals surface area contributed by atoms with Gasteiger partial charge >= 0.3 is 6.18 Å². The number of alkyl halides is 3. The van der Waals surface area contributed by atoms with Crippen molar-refractivity contribution in [3.05, 3.63) is 69.2 Å². The molecule has 0 saturated heterocycles. The SMILES string of the molecule is O=C(N/N=C/c1ccc(Cl)cc1Cl)c1ccccc1C(F)(F)F. The summed E-state index contributed by atoms with van der Waals surface area (Å²) in [5, 5.41) is 4.34. The number of nitrogens with one attached hydrogen (secondary N) is 1. The minimum atomic E-state index is -4.63. The zero-order valence-corrected chi connectivity index (χ0v) is 12.9. The second kappa shape index (κ2) is 7.02. The van der Waals surface area contributed by atoms with Gasteiger partial charge in [-0.3, -0.25) is 4.79 Å². The monoisotopic (exact) mass is 360 g/mol. The van der Waals surface area contributed by atoms with Gasteiger partial charge in [-0.1, -0.05) is 41.4 Å². The van der Waals surface area contributed by atoms with Gasteiger partial charge in [0.2, 0.25) is 0 Å². The lowest BCUT2D eigenvalue weighted by Gasteiger charge is -2.10. The highest BCUT2D eigenvalue weighted by molar-refractivity contribution is 6.36. The van der Waals surface area contributed by atoms with Crippen LogP contribution in [0.1, 0.15) is 21.5 Å². The first-order valence-electron chi connectivity index (χ1n) is 6.23. The molecule has 0 fully saturated rings. The fraction of sp³-hybridized carbons (Fsp3) is 0.0667. The van der Waals surface area contributed by atoms with Crippen molar-refractivity contribution in [2.24, 2.45) is 5.10 Å². The Morgan fingerprint density at radius 3 is 2.48 bits per heavy atom. The quantitative estimate of drug-likeness (QED) is 0.621. The van der Waals surface area contributed by atoms with Crippen LogP contribution in [0.25, 0.3) is 0 Å². The van der Waals surface area contributed by atoms with Crippen molar-refractivity contribution < 1.29 is 18.0 Å². The third-order valence-corrected chi connectivity index (χ3v) is 3.37. The minimum absolute atomic E-state index is 0.297. The molecule has 3 nitrogen and oxygen atoms in total. The highest BCUT2D eigenvalue weighted by Gasteiger charge is 2.34. The Bertz CT molecular complexity index is 761. The average molecular weight is 361 g/mol. The second-order valence-corrected chi connectivity index (χ2v) is 5.25. The molecule has 2 aromatic carbocycles. The number of benzene rings is 2. The summed E-state index contributed by atoms with van der Waals surface area (Å²) in [4.78, 5) is 11.9. The molecule has 1 N–H and O–H groups in total. The summed E-state index contributed by atoms with van der Waals surface area (Å²) in [6, 6.07) is 9.04. The van der Waals surface area contributed by atoms with Gasteiger partial charge in [0.25, 0.3) is 5.91 Å². The number of amides is 1. The summed E-state index contributed by atoms with van der Waals surface area (Å²) in [5.41, 5.74) is 0.955. The maximum atomic E-state index is 12.8. The van der Waals surface area contributed by atoms with Crippen LogP contribution in [0.2, 0.25) is 10.0 Å². The molecule has 0 atom stereocenters. The number of rotatable bonds is 3. The minimum Gasteiger partial charge on any atom is -0.267 e. The van der Waals surface area contributed by atoms with Crippen LogP contribution in [-0.2, 0) is 6.18 Å². The van der Waals surface area contributed by atoms with Crippen molar-refractivity contribution in [3.63, 3.8) is 0 Å². The van der Waals surface area contributed by atoms with Gasteiger partial charge in [-0.15, -0.1) is 0 Å². The first kappa shape index (κ1) is 17.3. The molecule has 120 valence electrons. The standard InChI is InChI=1S/C15H9Cl2F3N2O/c16-10-6-5-9(13(17)7-10)8-21-22-14(23)11-3-1-2-4-12(11)15(18,19)20/h1-8H,(H,22,23)/b21-8+. The Kier molecular flexibility index (Phi) is 5.28. The highest BCUT2D eigenvalue weighted by Crippen LogP contribution is 2.31. The normalized spacial score (nSPS) is 11.7. The lowest BCUT2D eigenvalue weighted by molar-refractivity contribution is -0.137. The molecule has 2 rings (SSSR count). The van der Waals surface area contributed by atoms with Crippen LogP contribution in [0.3, 0.4) is 0 Å². The number of carbonyl (C=O) groups excluding carboxylic acids is 1. The zero-order valence-electron chi connectivity index (χ0n) is 11.4. The van der Waals surface area contributed by atoms with Gasteiger partial charge in [0, 0.05) is 10.6 Å². The lowest BCUT2D eigenvalue weighted by Crippen LogP contribution is -2.22. The fourth-order valence-corrected chi connectivity index (χ4v) is 2.21. The first-order chi connectivity index (χ1) is 10.8. The molecule has 0 aliphatic heterocycles. The number of hydrogen-bond donors (Lipinski definition) is 1. The molecule has 0 aromatic heterocycles. The summed E-state index contributed by atoms with van der Waals surface area (Å²) < 4.78 is 38.5. The van der Waals surface area contributed by atoms with E-state index in [1.54, 1.807) is 12.1 Å². The molecule has 2 aromatic rings. The van der Waals surface area contributed by atoms with Crippen molar-refractivity contribution >= 4 is 35.3 Å². The maximum Gasteiger partial charge on any atom is 0.417 e. The molecule has 0 saturated carbocycles. The molecule has 23 heavy (non-hydrogen) atoms. The molecule has 0 spiro atoms. The Balaban J connectivity index is 2.16. The number of carbonyl (C=O) groups is 1. The van der Waals surface area contributed by atoms with E-state index < -0.39 is 23.2 Å². The van der Waals surface area contributed by atoms with Crippen molar-refractivity contribution in [2.75, 3.05) is 0 Å². The first-order valence-corrected chi connectivity index (χ1v) is 6.99. The third-order valence-electron chi connectivity index (χ3n) is 2.81. The zero-order chi connectivity index (χ0) is 17.0. The summed E-state index contributed by atoms with van der Waals surface area (Å²) >= 11 is 11.6. The molecule has 0 aliphatic carbocycles. The summed E-state index contributed by atoms with van der Waals surface area (Å²) in [7, 11) is 0. The van der Waals surface area contributed by atoms with E-state index in [2.05, 4.69) is 5.10 Å². The van der Waals surface area contributed by atoms with Crippen molar-refractivity contribution in [3.8, 4) is 0 Å². The molecule has 0 aliphatic rings. The Morgan fingerprint density at radius 1 is 1.13 bits per heavy atom. The summed E-state index contributed by atoms with van der Waals surface area (Å²) in [6.07, 6.45) is -3.41. The van der Waals surface area contributed by atoms with E-state index in [-0.39, 0.29) is 0 Å². The molecule has 0 unspecified atom stereocenters. The summed E-state index contributed by atoms with van der Waals surface area (Å²) in [5.74, 6) is -0.973. The van der Waals surface area contributed by atoms with Crippen LogP contribution < -0.4 is 5.43 Å². The smallest absolute Gasteiger partial charge is 0.267 e. The molecule has 8 heteroatoms. The van der Waals surface area contributed by atoms with Crippen LogP contribution in [0.15, 0.2) is 47.6 Å². The largest absolute Gasteiger partial charge is 0.417 e. The molecule has 0 bridgehead atoms. The van der Waals surface area contributed by atoms with Gasteiger partial charge in [0.1, 0.15) is 0 Å². The van der Waals surface area contributed by atoms with E-state index in [0.717, 1.165) is 12.1 Å². The summed E-state index contributed by atoms with van der Waals surface area (Å²) in [6.45, 7) is 0. The maximum absolute atomic E-state index is 12.8. The van der Waals surface area contributed by atoms with E-state index in [0.29, 0.717) is 15.6 Å². The Hall–Kier alpha value is -2.05. The predicted octanol–water partition coefficient (Wildman–Crippen LogP) is 4.78. The van der Waals surface area contributed by atoms with E-state index in [1.165, 1.54) is 24.4 Å². The van der Waals surface area contributed by atoms with Gasteiger partial charge in [-0.05, 0) is 24.3 Å². The Morgan fingerprint density at radius 2 is 1.83 bits per heavy atom. The number of nitrogens with zero attached hydrogens (tertiary/aromatic N) is 1. The van der Waals surface area contributed by atoms with Gasteiger partial charge in [0.15, 0.2) is 0 Å². The van der Waals surface area contributed by atoms with Crippen LogP contribution in [-0.4, -0.2) is 12.1 Å². The number of halogens is 5. The molecular weight excluding hydrogens is 352 g/mol. The third kappa shape index (κ3) is 4.46. The topological polar surface area (TPSA) is 41.5 Å². The fourth-order valence-electron chi connectivity index (χ4n) is 1.76. The van der Waals surface area contributed by atoms with Gasteiger partial charge in [-0.25, -0.2) is 5.43 Å². The van der Waals surface area contributed by atoms with E-state index >= 15 is 0 Å². The van der Waals surface area contributed by atoms with E-state index in [9.17, 15) is 18.0 Å². The highest BCUT2D eigenvalue weighted by atomic mass is 35.5. The molecule has 1 amide bonds. The average Bonchev–Trinajstić information content (AvgIpc) is 2.48. The molecule has 0 heterocycles. The molecule has 0 radical (unpaired) electrons. The molecular formula is C15H9Cl2F3N2O. The second-order valence-electron chi connectivity index (χ2n) is 4.41. The van der Waals surface area contributed by atoms with Crippen molar-refractivity contribution in [1.29, 1.82) is 0 Å². The van der Waals surface area contributed by atoms with Crippen LogP contribution in [0.5, 0.6) is 0 Å². The Labute approximate surface area is 139 Å². The van der Waals surface area contributed by atoms with Gasteiger partial charge < -0.3 is 0 Å². The van der Waals surface area contributed by atoms with Gasteiger partial charge in [-0.2, -0.15) is 18.3 Å². The van der Waals surface area contributed by atoms with Crippen LogP contribution in [0.4, 0.5) is 13.2 Å². The van der Waals surface area contributed by atoms with Crippen LogP contribution in [0, 0.1) is 0 Å². The number of hydrogen-bond acceptors (Lipinski definition) is 2. The van der Waals surface area contributed by atoms with Crippen molar-refractivity contribution in [1.82, 2.24) is 5.43 Å². The van der Waals surface area contributed by atoms with E-state index in [1.807, 2.05) is 5.43 Å². The number of hydrazone groups is 1. The van der Waals surface area contributed by atoms with Crippen LogP contribution >= 0.6 is 23.2 Å². The van der Waals surface area contributed by atoms with Gasteiger partial charge in [0.05, 0.1) is 22.4 Å². The van der Waals surface area contributed by atoms with Crippen molar-refractivity contribution in [2.45, 2.75) is 6.18 Å². The predicted molar refractivity (Wildman–Crippen MR) is 83.0 cm³/mol.